The topological polar surface area (TPSA) is 67.9 Å². The molecule has 2 fully saturated rings. The van der Waals surface area contributed by atoms with Crippen LogP contribution in [-0.2, 0) is 14.8 Å². The largest absolute Gasteiger partial charge is 0.456 e. The molecule has 0 unspecified atom stereocenters. The predicted octanol–water partition coefficient (Wildman–Crippen LogP) is 3.61. The minimum absolute atomic E-state index is 0.195. The predicted molar refractivity (Wildman–Crippen MR) is 109 cm³/mol. The van der Waals surface area contributed by atoms with Crippen molar-refractivity contribution in [2.75, 3.05) is 26.2 Å². The Morgan fingerprint density at radius 2 is 1.64 bits per heavy atom. The van der Waals surface area contributed by atoms with Crippen LogP contribution in [0.3, 0.4) is 0 Å². The Balaban J connectivity index is 0.00000109. The van der Waals surface area contributed by atoms with E-state index in [1.807, 2.05) is 32.0 Å². The lowest BCUT2D eigenvalue weighted by Crippen LogP contribution is -2.52. The molecule has 0 atom stereocenters. The third-order valence-corrected chi connectivity index (χ3v) is 6.83. The zero-order chi connectivity index (χ0) is 20.0. The van der Waals surface area contributed by atoms with E-state index < -0.39 is 10.0 Å². The van der Waals surface area contributed by atoms with Crippen molar-refractivity contribution in [3.05, 3.63) is 54.6 Å². The molecule has 7 heteroatoms. The lowest BCUT2D eigenvalue weighted by atomic mass is 10.0. The van der Waals surface area contributed by atoms with Crippen molar-refractivity contribution >= 4 is 10.0 Å². The van der Waals surface area contributed by atoms with Crippen LogP contribution in [0.4, 0.5) is 0 Å². The van der Waals surface area contributed by atoms with Gasteiger partial charge in [0, 0.05) is 32.5 Å². The van der Waals surface area contributed by atoms with Crippen LogP contribution in [0.15, 0.2) is 59.5 Å². The first kappa shape index (κ1) is 20.8. The maximum Gasteiger partial charge on any atom is 0.246 e. The minimum Gasteiger partial charge on any atom is -0.456 e. The molecule has 2 aliphatic heterocycles. The van der Waals surface area contributed by atoms with Crippen LogP contribution in [-0.4, -0.2) is 44.7 Å². The van der Waals surface area contributed by atoms with Gasteiger partial charge in [-0.25, -0.2) is 8.42 Å². The summed E-state index contributed by atoms with van der Waals surface area (Å²) in [6.07, 6.45) is 1.29. The molecule has 4 rings (SSSR count). The van der Waals surface area contributed by atoms with Gasteiger partial charge in [-0.2, -0.15) is 4.31 Å². The maximum atomic E-state index is 13.2. The number of benzene rings is 2. The fourth-order valence-electron chi connectivity index (χ4n) is 3.49. The molecular weight excluding hydrogens is 376 g/mol. The molecule has 0 aliphatic carbocycles. The zero-order valence-corrected chi connectivity index (χ0v) is 17.2. The summed E-state index contributed by atoms with van der Waals surface area (Å²) >= 11 is 0. The molecule has 0 aromatic heterocycles. The highest BCUT2D eigenvalue weighted by atomic mass is 32.2. The summed E-state index contributed by atoms with van der Waals surface area (Å²) in [7, 11) is -3.63. The fourth-order valence-corrected chi connectivity index (χ4v) is 5.04. The molecule has 0 radical (unpaired) electrons. The van der Waals surface area contributed by atoms with Crippen LogP contribution in [0.25, 0.3) is 0 Å². The van der Waals surface area contributed by atoms with Gasteiger partial charge >= 0.3 is 0 Å². The number of nitrogens with zero attached hydrogens (tertiary/aromatic N) is 1. The van der Waals surface area contributed by atoms with Crippen molar-refractivity contribution in [1.29, 1.82) is 0 Å². The number of sulfonamides is 1. The lowest BCUT2D eigenvalue weighted by Gasteiger charge is -2.37. The molecule has 2 aliphatic rings. The second-order valence-electron chi connectivity index (χ2n) is 6.54. The van der Waals surface area contributed by atoms with E-state index in [0.717, 1.165) is 6.54 Å². The molecule has 2 saturated heterocycles. The highest BCUT2D eigenvalue weighted by Gasteiger charge is 2.41. The Morgan fingerprint density at radius 1 is 1.00 bits per heavy atom. The van der Waals surface area contributed by atoms with Crippen LogP contribution in [0.5, 0.6) is 11.5 Å². The minimum atomic E-state index is -3.63. The van der Waals surface area contributed by atoms with Gasteiger partial charge in [-0.15, -0.1) is 0 Å². The molecular formula is C21H28N2O4S. The van der Waals surface area contributed by atoms with E-state index in [4.69, 9.17) is 9.47 Å². The SMILES string of the molecule is CC.O=S(=O)(c1ccccc1Oc1ccccc1)N1CCC2(CC1)NCCO2. The molecule has 28 heavy (non-hydrogen) atoms. The van der Waals surface area contributed by atoms with E-state index in [9.17, 15) is 8.42 Å². The zero-order valence-electron chi connectivity index (χ0n) is 16.4. The number of hydrogen-bond acceptors (Lipinski definition) is 5. The number of piperidine rings is 1. The molecule has 0 bridgehead atoms. The number of ether oxygens (including phenoxy) is 2. The van der Waals surface area contributed by atoms with Crippen molar-refractivity contribution in [2.24, 2.45) is 0 Å². The van der Waals surface area contributed by atoms with Crippen molar-refractivity contribution in [3.63, 3.8) is 0 Å². The van der Waals surface area contributed by atoms with Crippen LogP contribution in [0.1, 0.15) is 26.7 Å². The number of para-hydroxylation sites is 2. The van der Waals surface area contributed by atoms with Crippen LogP contribution < -0.4 is 10.1 Å². The summed E-state index contributed by atoms with van der Waals surface area (Å²) in [6.45, 7) is 6.35. The fraction of sp³-hybridized carbons (Fsp3) is 0.429. The van der Waals surface area contributed by atoms with Gasteiger partial charge in [0.15, 0.2) is 0 Å². The van der Waals surface area contributed by atoms with E-state index in [1.165, 1.54) is 4.31 Å². The summed E-state index contributed by atoms with van der Waals surface area (Å²) in [5.41, 5.74) is -0.355. The number of nitrogens with one attached hydrogen (secondary N) is 1. The first-order valence-corrected chi connectivity index (χ1v) is 11.2. The Bertz CT molecular complexity index is 855. The summed E-state index contributed by atoms with van der Waals surface area (Å²) in [4.78, 5) is 0.195. The van der Waals surface area contributed by atoms with Gasteiger partial charge in [0.2, 0.25) is 10.0 Å². The Kier molecular flexibility index (Phi) is 6.72. The Labute approximate surface area is 167 Å². The van der Waals surface area contributed by atoms with Gasteiger partial charge in [0.25, 0.3) is 0 Å². The highest BCUT2D eigenvalue weighted by Crippen LogP contribution is 2.34. The molecule has 6 nitrogen and oxygen atoms in total. The average Bonchev–Trinajstić information content (AvgIpc) is 3.19. The summed E-state index contributed by atoms with van der Waals surface area (Å²) in [6, 6.07) is 16.0. The average molecular weight is 405 g/mol. The smallest absolute Gasteiger partial charge is 0.246 e. The first-order valence-electron chi connectivity index (χ1n) is 9.80. The summed E-state index contributed by atoms with van der Waals surface area (Å²) in [5, 5.41) is 3.36. The summed E-state index contributed by atoms with van der Waals surface area (Å²) < 4.78 is 39.5. The molecule has 1 N–H and O–H groups in total. The second kappa shape index (κ2) is 9.05. The van der Waals surface area contributed by atoms with Crippen molar-refractivity contribution in [2.45, 2.75) is 37.3 Å². The Hall–Kier alpha value is -1.93. The van der Waals surface area contributed by atoms with E-state index in [0.29, 0.717) is 44.0 Å². The standard InChI is InChI=1S/C19H22N2O4S.C2H6/c22-26(23,21-13-10-19(11-14-21)20-12-15-24-19)18-9-5-4-8-17(18)25-16-6-2-1-3-7-16;1-2/h1-9,20H,10-15H2;1-2H3. The van der Waals surface area contributed by atoms with Crippen LogP contribution in [0.2, 0.25) is 0 Å². The molecule has 0 saturated carbocycles. The van der Waals surface area contributed by atoms with Gasteiger partial charge in [0.1, 0.15) is 22.1 Å². The third kappa shape index (κ3) is 4.38. The van der Waals surface area contributed by atoms with Crippen molar-refractivity contribution in [1.82, 2.24) is 9.62 Å². The monoisotopic (exact) mass is 404 g/mol. The Morgan fingerprint density at radius 3 is 2.29 bits per heavy atom. The van der Waals surface area contributed by atoms with E-state index in [1.54, 1.807) is 36.4 Å². The van der Waals surface area contributed by atoms with E-state index >= 15 is 0 Å². The van der Waals surface area contributed by atoms with E-state index in [-0.39, 0.29) is 10.6 Å². The molecule has 152 valence electrons. The van der Waals surface area contributed by atoms with Gasteiger partial charge in [0.05, 0.1) is 6.61 Å². The molecule has 2 heterocycles. The maximum absolute atomic E-state index is 13.2. The van der Waals surface area contributed by atoms with Crippen LogP contribution >= 0.6 is 0 Å². The lowest BCUT2D eigenvalue weighted by molar-refractivity contribution is -0.0445. The molecule has 0 amide bonds. The van der Waals surface area contributed by atoms with Crippen LogP contribution in [0, 0.1) is 0 Å². The summed E-state index contributed by atoms with van der Waals surface area (Å²) in [5.74, 6) is 0.950. The number of hydrogen-bond donors (Lipinski definition) is 1. The van der Waals surface area contributed by atoms with Crippen molar-refractivity contribution < 1.29 is 17.9 Å². The third-order valence-electron chi connectivity index (χ3n) is 4.90. The second-order valence-corrected chi connectivity index (χ2v) is 8.44. The quantitative estimate of drug-likeness (QED) is 0.843. The first-order chi connectivity index (χ1) is 13.6. The molecule has 2 aromatic carbocycles. The van der Waals surface area contributed by atoms with Gasteiger partial charge in [-0.05, 0) is 24.3 Å². The normalized spacial score (nSPS) is 19.1. The molecule has 1 spiro atoms. The number of rotatable bonds is 4. The highest BCUT2D eigenvalue weighted by molar-refractivity contribution is 7.89. The van der Waals surface area contributed by atoms with Gasteiger partial charge in [-0.1, -0.05) is 44.2 Å². The van der Waals surface area contributed by atoms with E-state index in [2.05, 4.69) is 5.32 Å². The van der Waals surface area contributed by atoms with Crippen molar-refractivity contribution in [3.8, 4) is 11.5 Å². The molecule has 2 aromatic rings. The van der Waals surface area contributed by atoms with Gasteiger partial charge < -0.3 is 9.47 Å². The van der Waals surface area contributed by atoms with Gasteiger partial charge in [-0.3, -0.25) is 5.32 Å².